The van der Waals surface area contributed by atoms with E-state index in [-0.39, 0.29) is 36.5 Å². The quantitative estimate of drug-likeness (QED) is 0.107. The van der Waals surface area contributed by atoms with Crippen LogP contribution in [0.5, 0.6) is 0 Å². The van der Waals surface area contributed by atoms with Gasteiger partial charge < -0.3 is 9.64 Å². The number of aryl methyl sites for hydroxylation is 4. The molecule has 2 fully saturated rings. The average molecular weight is 857 g/mol. The summed E-state index contributed by atoms with van der Waals surface area (Å²) in [5.74, 6) is 3.48. The number of nitrogens with zero attached hydrogens (tertiary/aromatic N) is 2. The van der Waals surface area contributed by atoms with Crippen molar-refractivity contribution < 1.29 is 19.1 Å². The number of fused-ring (bicyclic) bond motifs is 8. The zero-order valence-corrected chi connectivity index (χ0v) is 37.9. The van der Waals surface area contributed by atoms with Gasteiger partial charge in [-0.15, -0.1) is 0 Å². The van der Waals surface area contributed by atoms with Gasteiger partial charge in [-0.2, -0.15) is 0 Å². The van der Waals surface area contributed by atoms with Gasteiger partial charge >= 0.3 is 0 Å². The number of allylic oxidation sites excluding steroid dienone is 4. The van der Waals surface area contributed by atoms with Crippen molar-refractivity contribution in [3.05, 3.63) is 188 Å². The Labute approximate surface area is 382 Å². The van der Waals surface area contributed by atoms with Crippen LogP contribution >= 0.6 is 0 Å². The van der Waals surface area contributed by atoms with Crippen molar-refractivity contribution in [1.29, 1.82) is 0 Å². The molecule has 8 atom stereocenters. The molecule has 6 aliphatic rings. The number of amides is 3. The summed E-state index contributed by atoms with van der Waals surface area (Å²) in [5, 5.41) is 4.11. The standard InChI is InChI=1S/C59H56N2O4/c1-33-19-47-28-54-51(31-65-32-60(57(54)62)35(3)39-9-13-41(14-10-39)52-23-37-5-7-45(52)21-37)27-49(47)25-43(33)17-18-44-26-50-30-56-55(29-48(50)20-34(44)2)58(63)61(59(56)64)36(4)40-11-15-42(16-12-40)53-24-38-6-8-46(53)22-38/h5-16,19-20,25-30,35-38,45-46,52-53H,17-18,21-24,31-32H2,1-4H3. The lowest BCUT2D eigenvalue weighted by atomic mass is 9.86. The van der Waals surface area contributed by atoms with Gasteiger partial charge in [0, 0.05) is 5.56 Å². The molecule has 12 rings (SSSR count). The molecule has 0 aromatic heterocycles. The fourth-order valence-electron chi connectivity index (χ4n) is 12.7. The molecule has 3 amide bonds. The Morgan fingerprint density at radius 3 is 1.51 bits per heavy atom. The van der Waals surface area contributed by atoms with Crippen LogP contribution in [0.2, 0.25) is 0 Å². The minimum atomic E-state index is -0.369. The Morgan fingerprint density at radius 1 is 0.538 bits per heavy atom. The van der Waals surface area contributed by atoms with Crippen LogP contribution in [0.3, 0.4) is 0 Å². The molecule has 2 aliphatic heterocycles. The molecule has 6 aromatic carbocycles. The van der Waals surface area contributed by atoms with Crippen molar-refractivity contribution in [2.75, 3.05) is 6.73 Å². The fourth-order valence-corrected chi connectivity index (χ4v) is 12.7. The molecule has 6 aromatic rings. The number of imide groups is 1. The number of carbonyl (C=O) groups is 3. The molecule has 0 N–H and O–H groups in total. The molecule has 6 heteroatoms. The highest BCUT2D eigenvalue weighted by Gasteiger charge is 2.41. The van der Waals surface area contributed by atoms with Gasteiger partial charge in [0.2, 0.25) is 0 Å². The molecular weight excluding hydrogens is 801 g/mol. The Balaban J connectivity index is 0.744. The van der Waals surface area contributed by atoms with Crippen LogP contribution in [0.25, 0.3) is 21.5 Å². The SMILES string of the molecule is Cc1cc2cc3c(cc2cc1CCc1cc2cc4c(cc2cc1C)C(=O)N(C(C)c1ccc(C2CC5C=CC2C5)cc1)C4=O)COCN(C(C)c1ccc(C2CC4C=CC2C4)cc1)C3=O. The number of ether oxygens (including phenoxy) is 1. The summed E-state index contributed by atoms with van der Waals surface area (Å²) in [6.07, 6.45) is 16.2. The predicted molar refractivity (Wildman–Crippen MR) is 257 cm³/mol. The molecule has 0 spiro atoms. The van der Waals surface area contributed by atoms with Crippen molar-refractivity contribution in [1.82, 2.24) is 9.80 Å². The van der Waals surface area contributed by atoms with Crippen LogP contribution in [0.1, 0.15) is 145 Å². The first-order chi connectivity index (χ1) is 31.5. The van der Waals surface area contributed by atoms with E-state index in [1.165, 1.54) is 58.4 Å². The van der Waals surface area contributed by atoms with Crippen LogP contribution in [0.4, 0.5) is 0 Å². The van der Waals surface area contributed by atoms with Crippen LogP contribution < -0.4 is 0 Å². The summed E-state index contributed by atoms with van der Waals surface area (Å²) < 4.78 is 6.20. The summed E-state index contributed by atoms with van der Waals surface area (Å²) in [6.45, 7) is 9.00. The largest absolute Gasteiger partial charge is 0.356 e. The van der Waals surface area contributed by atoms with Crippen LogP contribution in [0.15, 0.2) is 121 Å². The lowest BCUT2D eigenvalue weighted by Gasteiger charge is -2.28. The second-order valence-corrected chi connectivity index (χ2v) is 20.4. The van der Waals surface area contributed by atoms with Gasteiger partial charge in [-0.1, -0.05) is 97.1 Å². The molecule has 6 nitrogen and oxygen atoms in total. The molecule has 4 aliphatic carbocycles. The summed E-state index contributed by atoms with van der Waals surface area (Å²) >= 11 is 0. The highest BCUT2D eigenvalue weighted by molar-refractivity contribution is 6.23. The molecule has 0 radical (unpaired) electrons. The Bertz CT molecular complexity index is 3030. The molecule has 326 valence electrons. The first kappa shape index (κ1) is 40.4. The fraction of sp³-hybridized carbons (Fsp3) is 0.339. The van der Waals surface area contributed by atoms with Gasteiger partial charge in [0.05, 0.1) is 29.8 Å². The number of carbonyl (C=O) groups excluding carboxylic acids is 3. The third-order valence-electron chi connectivity index (χ3n) is 16.6. The van der Waals surface area contributed by atoms with E-state index in [9.17, 15) is 14.4 Å². The van der Waals surface area contributed by atoms with Crippen LogP contribution in [-0.4, -0.2) is 34.3 Å². The van der Waals surface area contributed by atoms with E-state index in [2.05, 4.69) is 130 Å². The lowest BCUT2D eigenvalue weighted by Crippen LogP contribution is -2.34. The van der Waals surface area contributed by atoms with E-state index in [0.717, 1.165) is 62.6 Å². The maximum atomic E-state index is 14.3. The van der Waals surface area contributed by atoms with E-state index in [0.29, 0.717) is 52.9 Å². The second kappa shape index (κ2) is 15.5. The Kier molecular flexibility index (Phi) is 9.64. The summed E-state index contributed by atoms with van der Waals surface area (Å²) in [4.78, 5) is 45.5. The summed E-state index contributed by atoms with van der Waals surface area (Å²) in [5.41, 5.74) is 12.3. The Hall–Kier alpha value is -6.11. The van der Waals surface area contributed by atoms with E-state index < -0.39 is 0 Å². The third-order valence-corrected chi connectivity index (χ3v) is 16.6. The topological polar surface area (TPSA) is 66.9 Å². The van der Waals surface area contributed by atoms with E-state index in [1.54, 1.807) is 0 Å². The van der Waals surface area contributed by atoms with Gasteiger partial charge in [-0.3, -0.25) is 19.3 Å². The van der Waals surface area contributed by atoms with Crippen molar-refractivity contribution in [2.45, 2.75) is 96.7 Å². The van der Waals surface area contributed by atoms with Crippen molar-refractivity contribution in [2.24, 2.45) is 23.7 Å². The van der Waals surface area contributed by atoms with Crippen LogP contribution in [-0.2, 0) is 24.2 Å². The average Bonchev–Trinajstić information content (AvgIpc) is 4.17. The zero-order valence-electron chi connectivity index (χ0n) is 37.9. The van der Waals surface area contributed by atoms with Gasteiger partial charge in [0.1, 0.15) is 6.73 Å². The lowest BCUT2D eigenvalue weighted by molar-refractivity contribution is 0.0102. The minimum absolute atomic E-state index is 0.00941. The number of rotatable bonds is 9. The van der Waals surface area contributed by atoms with Gasteiger partial charge in [-0.25, -0.2) is 0 Å². The molecule has 2 heterocycles. The number of hydrogen-bond donors (Lipinski definition) is 0. The minimum Gasteiger partial charge on any atom is -0.356 e. The summed E-state index contributed by atoms with van der Waals surface area (Å²) in [7, 11) is 0. The first-order valence-electron chi connectivity index (χ1n) is 24.0. The van der Waals surface area contributed by atoms with Crippen LogP contribution in [0, 0.1) is 37.5 Å². The monoisotopic (exact) mass is 856 g/mol. The van der Waals surface area contributed by atoms with Gasteiger partial charge in [-0.05, 0) is 198 Å². The number of benzene rings is 6. The molecule has 65 heavy (non-hydrogen) atoms. The zero-order chi connectivity index (χ0) is 44.2. The molecule has 0 saturated heterocycles. The van der Waals surface area contributed by atoms with E-state index >= 15 is 0 Å². The van der Waals surface area contributed by atoms with Crippen molar-refractivity contribution in [3.63, 3.8) is 0 Å². The highest BCUT2D eigenvalue weighted by Crippen LogP contribution is 2.50. The first-order valence-corrected chi connectivity index (χ1v) is 24.0. The van der Waals surface area contributed by atoms with Crippen molar-refractivity contribution >= 4 is 39.3 Å². The van der Waals surface area contributed by atoms with Gasteiger partial charge in [0.25, 0.3) is 17.7 Å². The van der Waals surface area contributed by atoms with Gasteiger partial charge in [0.15, 0.2) is 0 Å². The molecule has 2 saturated carbocycles. The summed E-state index contributed by atoms with van der Waals surface area (Å²) in [6, 6.07) is 34.0. The highest BCUT2D eigenvalue weighted by atomic mass is 16.5. The smallest absolute Gasteiger partial charge is 0.262 e. The van der Waals surface area contributed by atoms with Crippen molar-refractivity contribution in [3.8, 4) is 0 Å². The maximum Gasteiger partial charge on any atom is 0.262 e. The third kappa shape index (κ3) is 6.82. The molecule has 4 bridgehead atoms. The van der Waals surface area contributed by atoms with E-state index in [1.807, 2.05) is 24.0 Å². The number of hydrogen-bond acceptors (Lipinski definition) is 4. The second-order valence-electron chi connectivity index (χ2n) is 20.4. The van der Waals surface area contributed by atoms with E-state index in [4.69, 9.17) is 4.74 Å². The normalized spacial score (nSPS) is 25.0. The molecular formula is C59H56N2O4. The maximum absolute atomic E-state index is 14.3. The Morgan fingerprint density at radius 2 is 1.02 bits per heavy atom. The predicted octanol–water partition coefficient (Wildman–Crippen LogP) is 12.8. The molecule has 8 unspecified atom stereocenters.